The van der Waals surface area contributed by atoms with Crippen molar-refractivity contribution >= 4 is 17.7 Å². The number of aryl methyl sites for hydroxylation is 1. The summed E-state index contributed by atoms with van der Waals surface area (Å²) in [5.74, 6) is -0.461. The molecule has 0 saturated carbocycles. The number of nitrogens with zero attached hydrogens (tertiary/aromatic N) is 4. The zero-order chi connectivity index (χ0) is 19.3. The van der Waals surface area contributed by atoms with E-state index in [4.69, 9.17) is 0 Å². The van der Waals surface area contributed by atoms with Crippen molar-refractivity contribution in [2.24, 2.45) is 5.41 Å². The summed E-state index contributed by atoms with van der Waals surface area (Å²) in [6.45, 7) is 5.84. The Morgan fingerprint density at radius 1 is 1.26 bits per heavy atom. The number of hydrogen-bond acceptors (Lipinski definition) is 5. The third-order valence-corrected chi connectivity index (χ3v) is 5.22. The fourth-order valence-corrected chi connectivity index (χ4v) is 4.07. The molecule has 0 radical (unpaired) electrons. The van der Waals surface area contributed by atoms with Crippen molar-refractivity contribution < 1.29 is 14.7 Å². The smallest absolute Gasteiger partial charge is 0.323 e. The number of carboxylic acids is 1. The molecule has 0 amide bonds. The summed E-state index contributed by atoms with van der Waals surface area (Å²) in [5, 5.41) is 13.8. The first-order chi connectivity index (χ1) is 12.8. The molecule has 0 bridgehead atoms. The zero-order valence-corrected chi connectivity index (χ0v) is 15.6. The van der Waals surface area contributed by atoms with Gasteiger partial charge in [-0.2, -0.15) is 10.1 Å². The first-order valence-electron chi connectivity index (χ1n) is 8.98. The molecule has 0 fully saturated rings. The number of hydrogen-bond donors (Lipinski definition) is 1. The third-order valence-electron chi connectivity index (χ3n) is 5.22. The molecular formula is C20H22N4O3. The van der Waals surface area contributed by atoms with Crippen molar-refractivity contribution in [3.63, 3.8) is 0 Å². The van der Waals surface area contributed by atoms with Crippen LogP contribution in [0.5, 0.6) is 0 Å². The van der Waals surface area contributed by atoms with Crippen LogP contribution in [0.2, 0.25) is 0 Å². The summed E-state index contributed by atoms with van der Waals surface area (Å²) in [4.78, 5) is 30.6. The first-order valence-corrected chi connectivity index (χ1v) is 8.98. The van der Waals surface area contributed by atoms with Crippen LogP contribution in [0.25, 0.3) is 0 Å². The molecule has 4 rings (SSSR count). The second-order valence-corrected chi connectivity index (χ2v) is 8.10. The molecule has 1 aromatic carbocycles. The van der Waals surface area contributed by atoms with E-state index in [1.807, 2.05) is 45.0 Å². The van der Waals surface area contributed by atoms with Crippen LogP contribution in [-0.2, 0) is 9.59 Å². The Bertz CT molecular complexity index is 956. The van der Waals surface area contributed by atoms with Gasteiger partial charge in [-0.05, 0) is 24.3 Å². The Morgan fingerprint density at radius 2 is 1.96 bits per heavy atom. The second kappa shape index (κ2) is 6.04. The van der Waals surface area contributed by atoms with Gasteiger partial charge in [-0.1, -0.05) is 43.7 Å². The minimum absolute atomic E-state index is 0.0448. The highest BCUT2D eigenvalue weighted by molar-refractivity contribution is 6.00. The largest absolute Gasteiger partial charge is 0.480 e. The van der Waals surface area contributed by atoms with Gasteiger partial charge in [-0.3, -0.25) is 9.59 Å². The van der Waals surface area contributed by atoms with Gasteiger partial charge >= 0.3 is 5.97 Å². The second-order valence-electron chi connectivity index (χ2n) is 8.10. The molecule has 27 heavy (non-hydrogen) atoms. The maximum Gasteiger partial charge on any atom is 0.323 e. The van der Waals surface area contributed by atoms with Crippen molar-refractivity contribution in [3.05, 3.63) is 53.0 Å². The fourth-order valence-electron chi connectivity index (χ4n) is 4.07. The Labute approximate surface area is 157 Å². The summed E-state index contributed by atoms with van der Waals surface area (Å²) < 4.78 is 1.67. The van der Waals surface area contributed by atoms with Crippen LogP contribution >= 0.6 is 0 Å². The lowest BCUT2D eigenvalue weighted by molar-refractivity contribution is -0.135. The zero-order valence-electron chi connectivity index (χ0n) is 15.6. The average molecular weight is 366 g/mol. The van der Waals surface area contributed by atoms with Crippen LogP contribution in [0.1, 0.15) is 43.9 Å². The fraction of sp³-hybridized carbons (Fsp3) is 0.400. The van der Waals surface area contributed by atoms with Crippen molar-refractivity contribution in [2.75, 3.05) is 11.4 Å². The Hall–Kier alpha value is -2.96. The van der Waals surface area contributed by atoms with Gasteiger partial charge in [0.1, 0.15) is 18.9 Å². The van der Waals surface area contributed by atoms with Gasteiger partial charge in [0.25, 0.3) is 0 Å². The van der Waals surface area contributed by atoms with Gasteiger partial charge in [0, 0.05) is 17.7 Å². The van der Waals surface area contributed by atoms with E-state index in [2.05, 4.69) is 10.1 Å². The van der Waals surface area contributed by atoms with E-state index in [1.54, 1.807) is 9.58 Å². The van der Waals surface area contributed by atoms with Crippen molar-refractivity contribution in [2.45, 2.75) is 39.7 Å². The molecule has 1 aromatic heterocycles. The van der Waals surface area contributed by atoms with Gasteiger partial charge in [-0.25, -0.2) is 4.68 Å². The number of rotatable bonds is 3. The molecule has 7 nitrogen and oxygen atoms in total. The van der Waals surface area contributed by atoms with Crippen molar-refractivity contribution in [1.82, 2.24) is 14.8 Å². The quantitative estimate of drug-likeness (QED) is 0.899. The number of aromatic nitrogens is 3. The normalized spacial score (nSPS) is 21.1. The number of fused-ring (bicyclic) bond motifs is 1. The van der Waals surface area contributed by atoms with Crippen LogP contribution in [0.4, 0.5) is 5.95 Å². The van der Waals surface area contributed by atoms with Crippen molar-refractivity contribution in [1.29, 1.82) is 0 Å². The van der Waals surface area contributed by atoms with Gasteiger partial charge in [-0.15, -0.1) is 0 Å². The highest BCUT2D eigenvalue weighted by atomic mass is 16.4. The van der Waals surface area contributed by atoms with Crippen molar-refractivity contribution in [3.8, 4) is 0 Å². The van der Waals surface area contributed by atoms with E-state index in [-0.39, 0.29) is 23.8 Å². The highest BCUT2D eigenvalue weighted by Crippen LogP contribution is 2.47. The van der Waals surface area contributed by atoms with Crippen LogP contribution in [0.15, 0.2) is 41.9 Å². The number of anilines is 1. The molecule has 7 heteroatoms. The molecule has 2 aliphatic rings. The Balaban J connectivity index is 1.95. The lowest BCUT2D eigenvalue weighted by Crippen LogP contribution is -2.44. The van der Waals surface area contributed by atoms with E-state index >= 15 is 0 Å². The molecule has 1 aliphatic carbocycles. The molecule has 1 atom stereocenters. The Kier molecular flexibility index (Phi) is 3.91. The van der Waals surface area contributed by atoms with Gasteiger partial charge in [0.05, 0.1) is 0 Å². The number of allylic oxidation sites excluding steroid dienone is 2. The first kappa shape index (κ1) is 17.5. The SMILES string of the molecule is Cc1ccc(C2C3=C(CC(C)(C)CC3=O)N(CC(=O)O)c3ncnn32)cc1. The summed E-state index contributed by atoms with van der Waals surface area (Å²) >= 11 is 0. The van der Waals surface area contributed by atoms with E-state index < -0.39 is 5.97 Å². The minimum atomic E-state index is -0.971. The number of Topliss-reactive ketones (excluding diaryl/α,β-unsaturated/α-hetero) is 1. The van der Waals surface area contributed by atoms with Crippen LogP contribution in [0, 0.1) is 12.3 Å². The maximum absolute atomic E-state index is 13.2. The molecule has 2 aromatic rings. The summed E-state index contributed by atoms with van der Waals surface area (Å²) in [7, 11) is 0. The number of carboxylic acid groups (broad SMARTS) is 1. The predicted octanol–water partition coefficient (Wildman–Crippen LogP) is 2.72. The molecule has 1 aliphatic heterocycles. The molecule has 1 N–H and O–H groups in total. The summed E-state index contributed by atoms with van der Waals surface area (Å²) in [5.41, 5.74) is 3.24. The number of carbonyl (C=O) groups excluding carboxylic acids is 1. The summed E-state index contributed by atoms with van der Waals surface area (Å²) in [6, 6.07) is 7.62. The monoisotopic (exact) mass is 366 g/mol. The van der Waals surface area contributed by atoms with E-state index in [1.165, 1.54) is 6.33 Å². The van der Waals surface area contributed by atoms with E-state index in [9.17, 15) is 14.7 Å². The lowest BCUT2D eigenvalue weighted by atomic mass is 9.72. The van der Waals surface area contributed by atoms with Crippen LogP contribution < -0.4 is 4.90 Å². The molecule has 1 unspecified atom stereocenters. The molecule has 0 saturated heterocycles. The minimum Gasteiger partial charge on any atom is -0.480 e. The number of benzene rings is 1. The molecule has 2 heterocycles. The highest BCUT2D eigenvalue weighted by Gasteiger charge is 2.44. The number of ketones is 1. The standard InChI is InChI=1S/C20H22N4O3/c1-12-4-6-13(7-5-12)18-17-14(8-20(2,3)9-15(17)25)23(10-16(26)27)19-21-11-22-24(18)19/h4-7,11,18H,8-10H2,1-3H3,(H,26,27). The maximum atomic E-state index is 13.2. The molecule has 140 valence electrons. The average Bonchev–Trinajstić information content (AvgIpc) is 3.05. The predicted molar refractivity (Wildman–Crippen MR) is 99.4 cm³/mol. The topological polar surface area (TPSA) is 88.3 Å². The third kappa shape index (κ3) is 2.93. The van der Waals surface area contributed by atoms with Gasteiger partial charge in [0.15, 0.2) is 5.78 Å². The molecule has 0 spiro atoms. The van der Waals surface area contributed by atoms with Crippen LogP contribution in [-0.4, -0.2) is 38.2 Å². The molecular weight excluding hydrogens is 344 g/mol. The van der Waals surface area contributed by atoms with Gasteiger partial charge < -0.3 is 10.0 Å². The lowest BCUT2D eigenvalue weighted by Gasteiger charge is -2.42. The summed E-state index contributed by atoms with van der Waals surface area (Å²) in [6.07, 6.45) is 2.47. The Morgan fingerprint density at radius 3 is 2.63 bits per heavy atom. The van der Waals surface area contributed by atoms with Crippen LogP contribution in [0.3, 0.4) is 0 Å². The number of carbonyl (C=O) groups is 2. The van der Waals surface area contributed by atoms with E-state index in [0.29, 0.717) is 24.4 Å². The van der Waals surface area contributed by atoms with Gasteiger partial charge in [0.2, 0.25) is 5.95 Å². The van der Waals surface area contributed by atoms with E-state index in [0.717, 1.165) is 16.8 Å². The number of aliphatic carboxylic acids is 1.